The van der Waals surface area contributed by atoms with Crippen LogP contribution in [0.1, 0.15) is 18.1 Å². The molecule has 0 aliphatic rings. The smallest absolute Gasteiger partial charge is 0.172 e. The lowest BCUT2D eigenvalue weighted by atomic mass is 10.2. The molecule has 2 aromatic rings. The highest BCUT2D eigenvalue weighted by atomic mass is 79.9. The van der Waals surface area contributed by atoms with Crippen LogP contribution in [0, 0.1) is 0 Å². The number of hydrogen-bond acceptors (Lipinski definition) is 4. The summed E-state index contributed by atoms with van der Waals surface area (Å²) in [5.74, 6) is 0.518. The lowest BCUT2D eigenvalue weighted by Crippen LogP contribution is -2.05. The minimum Gasteiger partial charge on any atom is -0.503 e. The molecule has 2 N–H and O–H groups in total. The summed E-state index contributed by atoms with van der Waals surface area (Å²) in [6.45, 7) is 2.95. The first-order chi connectivity index (χ1) is 10.6. The van der Waals surface area contributed by atoms with Gasteiger partial charge in [0.1, 0.15) is 0 Å². The van der Waals surface area contributed by atoms with Crippen LogP contribution in [0.15, 0.2) is 46.0 Å². The summed E-state index contributed by atoms with van der Waals surface area (Å²) in [7, 11) is 0. The summed E-state index contributed by atoms with van der Waals surface area (Å²) < 4.78 is 5.94. The van der Waals surface area contributed by atoms with Crippen molar-refractivity contribution in [3.63, 3.8) is 0 Å². The highest BCUT2D eigenvalue weighted by Crippen LogP contribution is 2.34. The average Bonchev–Trinajstić information content (AvgIpc) is 2.50. The zero-order valence-electron chi connectivity index (χ0n) is 12.0. The standard InChI is InChI=1S/C16H16BrClN2O2/c1-2-22-15-8-12(7-14(17)16(15)21)10-20-19-9-11-3-5-13(18)6-4-11/h3-8,10,19,21H,2,9H2,1H3/b20-10-. The number of hydrazone groups is 1. The number of aromatic hydroxyl groups is 1. The maximum absolute atomic E-state index is 9.85. The van der Waals surface area contributed by atoms with Crippen molar-refractivity contribution in [3.05, 3.63) is 57.0 Å². The Labute approximate surface area is 142 Å². The van der Waals surface area contributed by atoms with Gasteiger partial charge < -0.3 is 15.3 Å². The van der Waals surface area contributed by atoms with Crippen LogP contribution in [-0.2, 0) is 6.54 Å². The Kier molecular flexibility index (Phi) is 6.10. The first kappa shape index (κ1) is 16.6. The molecule has 4 nitrogen and oxygen atoms in total. The molecule has 0 bridgehead atoms. The van der Waals surface area contributed by atoms with E-state index in [-0.39, 0.29) is 5.75 Å². The van der Waals surface area contributed by atoms with Gasteiger partial charge in [-0.25, -0.2) is 0 Å². The maximum atomic E-state index is 9.85. The third-order valence-electron chi connectivity index (χ3n) is 2.85. The summed E-state index contributed by atoms with van der Waals surface area (Å²) in [5.41, 5.74) is 4.87. The average molecular weight is 384 g/mol. The molecule has 6 heteroatoms. The van der Waals surface area contributed by atoms with Gasteiger partial charge in [-0.05, 0) is 58.2 Å². The highest BCUT2D eigenvalue weighted by molar-refractivity contribution is 9.10. The van der Waals surface area contributed by atoms with Gasteiger partial charge in [0.15, 0.2) is 11.5 Å². The molecule has 0 radical (unpaired) electrons. The van der Waals surface area contributed by atoms with Crippen LogP contribution in [0.25, 0.3) is 0 Å². The topological polar surface area (TPSA) is 53.8 Å². The Balaban J connectivity index is 1.99. The Morgan fingerprint density at radius 2 is 2.05 bits per heavy atom. The fourth-order valence-corrected chi connectivity index (χ4v) is 2.38. The van der Waals surface area contributed by atoms with Crippen molar-refractivity contribution in [3.8, 4) is 11.5 Å². The van der Waals surface area contributed by atoms with E-state index in [0.717, 1.165) is 11.1 Å². The van der Waals surface area contributed by atoms with E-state index in [0.29, 0.717) is 28.4 Å². The first-order valence-corrected chi connectivity index (χ1v) is 7.93. The van der Waals surface area contributed by atoms with E-state index < -0.39 is 0 Å². The molecule has 0 heterocycles. The van der Waals surface area contributed by atoms with Crippen LogP contribution < -0.4 is 10.2 Å². The van der Waals surface area contributed by atoms with E-state index >= 15 is 0 Å². The van der Waals surface area contributed by atoms with Crippen molar-refractivity contribution >= 4 is 33.7 Å². The Morgan fingerprint density at radius 3 is 2.73 bits per heavy atom. The number of benzene rings is 2. The van der Waals surface area contributed by atoms with Gasteiger partial charge in [-0.3, -0.25) is 0 Å². The largest absolute Gasteiger partial charge is 0.503 e. The van der Waals surface area contributed by atoms with Crippen LogP contribution in [0.4, 0.5) is 0 Å². The Morgan fingerprint density at radius 1 is 1.32 bits per heavy atom. The summed E-state index contributed by atoms with van der Waals surface area (Å²) in [4.78, 5) is 0. The quantitative estimate of drug-likeness (QED) is 0.576. The van der Waals surface area contributed by atoms with Crippen LogP contribution >= 0.6 is 27.5 Å². The van der Waals surface area contributed by atoms with Crippen molar-refractivity contribution in [2.75, 3.05) is 6.61 Å². The molecule has 0 amide bonds. The van der Waals surface area contributed by atoms with Gasteiger partial charge >= 0.3 is 0 Å². The molecule has 0 saturated carbocycles. The van der Waals surface area contributed by atoms with E-state index in [4.69, 9.17) is 16.3 Å². The monoisotopic (exact) mass is 382 g/mol. The normalized spacial score (nSPS) is 10.9. The maximum Gasteiger partial charge on any atom is 0.172 e. The third kappa shape index (κ3) is 4.64. The minimum atomic E-state index is 0.0909. The molecule has 0 aliphatic carbocycles. The van der Waals surface area contributed by atoms with E-state index in [1.807, 2.05) is 31.2 Å². The fraction of sp³-hybridized carbons (Fsp3) is 0.188. The van der Waals surface area contributed by atoms with Gasteiger partial charge in [-0.15, -0.1) is 0 Å². The summed E-state index contributed by atoms with van der Waals surface area (Å²) >= 11 is 9.13. The zero-order chi connectivity index (χ0) is 15.9. The molecule has 2 rings (SSSR count). The zero-order valence-corrected chi connectivity index (χ0v) is 14.4. The van der Waals surface area contributed by atoms with Crippen LogP contribution in [0.5, 0.6) is 11.5 Å². The predicted octanol–water partition coefficient (Wildman–Crippen LogP) is 4.33. The van der Waals surface area contributed by atoms with Crippen molar-refractivity contribution in [2.24, 2.45) is 5.10 Å². The SMILES string of the molecule is CCOc1cc(/C=N\NCc2ccc(Cl)cc2)cc(Br)c1O. The van der Waals surface area contributed by atoms with Gasteiger partial charge in [-0.2, -0.15) is 5.10 Å². The van der Waals surface area contributed by atoms with Gasteiger partial charge in [0.25, 0.3) is 0 Å². The second-order valence-corrected chi connectivity index (χ2v) is 5.79. The van der Waals surface area contributed by atoms with Crippen LogP contribution in [-0.4, -0.2) is 17.9 Å². The lowest BCUT2D eigenvalue weighted by molar-refractivity contribution is 0.317. The van der Waals surface area contributed by atoms with Crippen LogP contribution in [0.2, 0.25) is 5.02 Å². The van der Waals surface area contributed by atoms with Crippen molar-refractivity contribution in [1.82, 2.24) is 5.43 Å². The summed E-state index contributed by atoms with van der Waals surface area (Å²) in [6.07, 6.45) is 1.67. The number of ether oxygens (including phenoxy) is 1. The fourth-order valence-electron chi connectivity index (χ4n) is 1.79. The number of phenols is 1. The molecule has 0 saturated heterocycles. The third-order valence-corrected chi connectivity index (χ3v) is 3.71. The molecule has 0 atom stereocenters. The second kappa shape index (κ2) is 8.06. The van der Waals surface area contributed by atoms with Crippen molar-refractivity contribution in [1.29, 1.82) is 0 Å². The molecule has 116 valence electrons. The van der Waals surface area contributed by atoms with Gasteiger partial charge in [0, 0.05) is 5.02 Å². The summed E-state index contributed by atoms with van der Waals surface area (Å²) in [6, 6.07) is 11.1. The highest BCUT2D eigenvalue weighted by Gasteiger charge is 2.08. The van der Waals surface area contributed by atoms with E-state index in [1.165, 1.54) is 0 Å². The van der Waals surface area contributed by atoms with Crippen molar-refractivity contribution < 1.29 is 9.84 Å². The minimum absolute atomic E-state index is 0.0909. The first-order valence-electron chi connectivity index (χ1n) is 6.76. The Bertz CT molecular complexity index is 660. The van der Waals surface area contributed by atoms with E-state index in [9.17, 15) is 5.11 Å². The van der Waals surface area contributed by atoms with Gasteiger partial charge in [0.05, 0.1) is 23.8 Å². The van der Waals surface area contributed by atoms with Crippen molar-refractivity contribution in [2.45, 2.75) is 13.5 Å². The van der Waals surface area contributed by atoms with E-state index in [1.54, 1.807) is 18.3 Å². The molecular formula is C16H16BrClN2O2. The second-order valence-electron chi connectivity index (χ2n) is 4.50. The number of phenolic OH excluding ortho intramolecular Hbond substituents is 1. The molecule has 0 unspecified atom stereocenters. The number of nitrogens with one attached hydrogen (secondary N) is 1. The molecule has 22 heavy (non-hydrogen) atoms. The molecular weight excluding hydrogens is 368 g/mol. The molecule has 0 fully saturated rings. The Hall–Kier alpha value is -1.72. The number of rotatable bonds is 6. The lowest BCUT2D eigenvalue weighted by Gasteiger charge is -2.08. The number of nitrogens with zero attached hydrogens (tertiary/aromatic N) is 1. The van der Waals surface area contributed by atoms with Gasteiger partial charge in [0.2, 0.25) is 0 Å². The molecule has 0 aromatic heterocycles. The summed E-state index contributed by atoms with van der Waals surface area (Å²) in [5, 5.41) is 14.7. The van der Waals surface area contributed by atoms with Crippen LogP contribution in [0.3, 0.4) is 0 Å². The van der Waals surface area contributed by atoms with E-state index in [2.05, 4.69) is 26.5 Å². The molecule has 0 spiro atoms. The van der Waals surface area contributed by atoms with Gasteiger partial charge in [-0.1, -0.05) is 23.7 Å². The number of hydrogen-bond donors (Lipinski definition) is 2. The molecule has 0 aliphatic heterocycles. The number of halogens is 2. The molecule has 2 aromatic carbocycles. The predicted molar refractivity (Wildman–Crippen MR) is 92.9 cm³/mol.